The molecule has 1 aliphatic heterocycles. The van der Waals surface area contributed by atoms with E-state index in [9.17, 15) is 4.79 Å². The first-order valence-electron chi connectivity index (χ1n) is 5.83. The van der Waals surface area contributed by atoms with Crippen LogP contribution in [0.4, 0.5) is 5.69 Å². The maximum absolute atomic E-state index is 10.7. The molecule has 0 bridgehead atoms. The van der Waals surface area contributed by atoms with Crippen LogP contribution >= 0.6 is 0 Å². The van der Waals surface area contributed by atoms with Crippen LogP contribution in [0.2, 0.25) is 0 Å². The van der Waals surface area contributed by atoms with Gasteiger partial charge in [0.15, 0.2) is 0 Å². The van der Waals surface area contributed by atoms with E-state index in [1.807, 2.05) is 13.0 Å². The summed E-state index contributed by atoms with van der Waals surface area (Å²) in [5.74, 6) is 0. The summed E-state index contributed by atoms with van der Waals surface area (Å²) >= 11 is 0. The van der Waals surface area contributed by atoms with Gasteiger partial charge in [-0.15, -0.1) is 0 Å². The molecule has 1 heterocycles. The second-order valence-corrected chi connectivity index (χ2v) is 5.49. The number of carbonyl (C=O) groups excluding carboxylic acids is 1. The van der Waals surface area contributed by atoms with E-state index in [0.29, 0.717) is 5.41 Å². The highest BCUT2D eigenvalue weighted by Crippen LogP contribution is 2.32. The minimum atomic E-state index is 0.414. The van der Waals surface area contributed by atoms with Crippen molar-refractivity contribution in [3.8, 4) is 0 Å². The van der Waals surface area contributed by atoms with Crippen LogP contribution in [0.1, 0.15) is 36.2 Å². The van der Waals surface area contributed by atoms with Crippen LogP contribution in [0.25, 0.3) is 0 Å². The maximum atomic E-state index is 10.7. The molecule has 0 radical (unpaired) electrons. The molecule has 0 aliphatic carbocycles. The SMILES string of the molecule is Cc1cc(N2CCC(C)(C)C2)ccc1C=O. The minimum absolute atomic E-state index is 0.414. The Morgan fingerprint density at radius 1 is 1.38 bits per heavy atom. The van der Waals surface area contributed by atoms with Crippen LogP contribution in [0, 0.1) is 12.3 Å². The fraction of sp³-hybridized carbons (Fsp3) is 0.500. The summed E-state index contributed by atoms with van der Waals surface area (Å²) in [4.78, 5) is 13.2. The number of hydrogen-bond donors (Lipinski definition) is 0. The quantitative estimate of drug-likeness (QED) is 0.710. The number of rotatable bonds is 2. The van der Waals surface area contributed by atoms with Gasteiger partial charge < -0.3 is 4.90 Å². The van der Waals surface area contributed by atoms with E-state index in [-0.39, 0.29) is 0 Å². The second-order valence-electron chi connectivity index (χ2n) is 5.49. The van der Waals surface area contributed by atoms with Crippen molar-refractivity contribution in [2.75, 3.05) is 18.0 Å². The average Bonchev–Trinajstić information content (AvgIpc) is 2.59. The van der Waals surface area contributed by atoms with Gasteiger partial charge >= 0.3 is 0 Å². The molecule has 1 aromatic rings. The van der Waals surface area contributed by atoms with Crippen molar-refractivity contribution in [2.24, 2.45) is 5.41 Å². The number of hydrogen-bond acceptors (Lipinski definition) is 2. The molecule has 0 unspecified atom stereocenters. The summed E-state index contributed by atoms with van der Waals surface area (Å²) in [7, 11) is 0. The van der Waals surface area contributed by atoms with Crippen LogP contribution in [0.15, 0.2) is 18.2 Å². The molecule has 0 atom stereocenters. The summed E-state index contributed by atoms with van der Waals surface area (Å²) in [5.41, 5.74) is 3.52. The smallest absolute Gasteiger partial charge is 0.150 e. The minimum Gasteiger partial charge on any atom is -0.371 e. The Morgan fingerprint density at radius 3 is 2.62 bits per heavy atom. The lowest BCUT2D eigenvalue weighted by Crippen LogP contribution is -2.22. The second kappa shape index (κ2) is 3.93. The van der Waals surface area contributed by atoms with E-state index in [1.165, 1.54) is 12.1 Å². The lowest BCUT2D eigenvalue weighted by Gasteiger charge is -2.22. The largest absolute Gasteiger partial charge is 0.371 e. The van der Waals surface area contributed by atoms with Crippen molar-refractivity contribution < 1.29 is 4.79 Å². The molecule has 0 aromatic heterocycles. The number of carbonyl (C=O) groups is 1. The van der Waals surface area contributed by atoms with Crippen LogP contribution in [0.3, 0.4) is 0 Å². The van der Waals surface area contributed by atoms with Gasteiger partial charge in [-0.05, 0) is 42.5 Å². The van der Waals surface area contributed by atoms with Crippen LogP contribution < -0.4 is 4.90 Å². The van der Waals surface area contributed by atoms with E-state index in [1.54, 1.807) is 0 Å². The van der Waals surface area contributed by atoms with Gasteiger partial charge in [-0.1, -0.05) is 13.8 Å². The Hall–Kier alpha value is -1.31. The van der Waals surface area contributed by atoms with Crippen molar-refractivity contribution in [2.45, 2.75) is 27.2 Å². The van der Waals surface area contributed by atoms with Crippen molar-refractivity contribution in [1.82, 2.24) is 0 Å². The topological polar surface area (TPSA) is 20.3 Å². The average molecular weight is 217 g/mol. The highest BCUT2D eigenvalue weighted by Gasteiger charge is 2.29. The van der Waals surface area contributed by atoms with Gasteiger partial charge in [0.25, 0.3) is 0 Å². The molecular weight excluding hydrogens is 198 g/mol. The lowest BCUT2D eigenvalue weighted by molar-refractivity contribution is 0.112. The first-order chi connectivity index (χ1) is 7.52. The predicted octanol–water partition coefficient (Wildman–Crippen LogP) is 3.04. The maximum Gasteiger partial charge on any atom is 0.150 e. The lowest BCUT2D eigenvalue weighted by atomic mass is 9.93. The van der Waals surface area contributed by atoms with Gasteiger partial charge in [0, 0.05) is 24.3 Å². The highest BCUT2D eigenvalue weighted by atomic mass is 16.1. The van der Waals surface area contributed by atoms with E-state index in [2.05, 4.69) is 30.9 Å². The third-order valence-electron chi connectivity index (χ3n) is 3.42. The van der Waals surface area contributed by atoms with Crippen molar-refractivity contribution >= 4 is 12.0 Å². The zero-order valence-corrected chi connectivity index (χ0v) is 10.3. The van der Waals surface area contributed by atoms with Crippen LogP contribution in [-0.2, 0) is 0 Å². The fourth-order valence-electron chi connectivity index (χ4n) is 2.32. The first-order valence-corrected chi connectivity index (χ1v) is 5.83. The summed E-state index contributed by atoms with van der Waals surface area (Å²) in [6.45, 7) is 8.83. The Kier molecular flexibility index (Phi) is 2.75. The van der Waals surface area contributed by atoms with Gasteiger partial charge in [-0.3, -0.25) is 4.79 Å². The van der Waals surface area contributed by atoms with E-state index in [4.69, 9.17) is 0 Å². The zero-order chi connectivity index (χ0) is 11.8. The Bertz CT molecular complexity index is 409. The number of anilines is 1. The molecular formula is C14H19NO. The summed E-state index contributed by atoms with van der Waals surface area (Å²) in [6, 6.07) is 6.09. The van der Waals surface area contributed by atoms with Gasteiger partial charge in [-0.25, -0.2) is 0 Å². The number of aryl methyl sites for hydroxylation is 1. The third-order valence-corrected chi connectivity index (χ3v) is 3.42. The van der Waals surface area contributed by atoms with Gasteiger partial charge in [0.2, 0.25) is 0 Å². The highest BCUT2D eigenvalue weighted by molar-refractivity contribution is 5.78. The molecule has 0 saturated carbocycles. The Morgan fingerprint density at radius 2 is 2.12 bits per heavy atom. The molecule has 1 aromatic carbocycles. The van der Waals surface area contributed by atoms with Gasteiger partial charge in [0.05, 0.1) is 0 Å². The normalized spacial score (nSPS) is 18.8. The van der Waals surface area contributed by atoms with Gasteiger partial charge in [-0.2, -0.15) is 0 Å². The molecule has 2 heteroatoms. The first kappa shape index (κ1) is 11.2. The van der Waals surface area contributed by atoms with E-state index < -0.39 is 0 Å². The molecule has 0 N–H and O–H groups in total. The summed E-state index contributed by atoms with van der Waals surface area (Å²) in [5, 5.41) is 0. The molecule has 16 heavy (non-hydrogen) atoms. The Balaban J connectivity index is 2.23. The molecule has 1 saturated heterocycles. The molecule has 0 spiro atoms. The molecule has 2 rings (SSSR count). The van der Waals surface area contributed by atoms with E-state index in [0.717, 1.165) is 30.5 Å². The van der Waals surface area contributed by atoms with Crippen molar-refractivity contribution in [3.63, 3.8) is 0 Å². The molecule has 2 nitrogen and oxygen atoms in total. The van der Waals surface area contributed by atoms with Crippen molar-refractivity contribution in [3.05, 3.63) is 29.3 Å². The molecule has 1 fully saturated rings. The number of benzene rings is 1. The number of aldehydes is 1. The predicted molar refractivity (Wildman–Crippen MR) is 67.2 cm³/mol. The van der Waals surface area contributed by atoms with Crippen LogP contribution in [-0.4, -0.2) is 19.4 Å². The molecule has 86 valence electrons. The van der Waals surface area contributed by atoms with Gasteiger partial charge in [0.1, 0.15) is 6.29 Å². The third kappa shape index (κ3) is 2.11. The van der Waals surface area contributed by atoms with Crippen LogP contribution in [0.5, 0.6) is 0 Å². The zero-order valence-electron chi connectivity index (χ0n) is 10.3. The molecule has 1 aliphatic rings. The summed E-state index contributed by atoms with van der Waals surface area (Å²) < 4.78 is 0. The van der Waals surface area contributed by atoms with E-state index >= 15 is 0 Å². The van der Waals surface area contributed by atoms with Crippen molar-refractivity contribution in [1.29, 1.82) is 0 Å². The monoisotopic (exact) mass is 217 g/mol. The fourth-order valence-corrected chi connectivity index (χ4v) is 2.32. The summed E-state index contributed by atoms with van der Waals surface area (Å²) in [6.07, 6.45) is 2.16. The molecule has 0 amide bonds. The number of nitrogens with zero attached hydrogens (tertiary/aromatic N) is 1. The standard InChI is InChI=1S/C14H19NO/c1-11-8-13(5-4-12(11)9-16)15-7-6-14(2,3)10-15/h4-5,8-9H,6-7,10H2,1-3H3. The Labute approximate surface area is 97.3 Å².